The SMILES string of the molecule is COc1cc(CNCCCN(C)C)cc([N+](=O)[O-])c1. The minimum Gasteiger partial charge on any atom is -0.496 e. The van der Waals surface area contributed by atoms with E-state index in [2.05, 4.69) is 10.2 Å². The van der Waals surface area contributed by atoms with Gasteiger partial charge >= 0.3 is 0 Å². The van der Waals surface area contributed by atoms with Crippen LogP contribution in [0.2, 0.25) is 0 Å². The number of nitro groups is 1. The second-order valence-corrected chi connectivity index (χ2v) is 4.63. The minimum absolute atomic E-state index is 0.0597. The number of nitrogens with one attached hydrogen (secondary N) is 1. The zero-order valence-electron chi connectivity index (χ0n) is 11.7. The first-order valence-corrected chi connectivity index (χ1v) is 6.20. The lowest BCUT2D eigenvalue weighted by atomic mass is 10.2. The van der Waals surface area contributed by atoms with Crippen molar-refractivity contribution < 1.29 is 9.66 Å². The molecule has 0 aromatic heterocycles. The Hall–Kier alpha value is -1.66. The molecule has 0 heterocycles. The number of non-ortho nitro benzene ring substituents is 1. The molecule has 0 aliphatic rings. The Morgan fingerprint density at radius 1 is 1.37 bits per heavy atom. The summed E-state index contributed by atoms with van der Waals surface area (Å²) < 4.78 is 5.07. The van der Waals surface area contributed by atoms with E-state index in [1.165, 1.54) is 13.2 Å². The molecule has 0 atom stereocenters. The number of methoxy groups -OCH3 is 1. The first-order chi connectivity index (χ1) is 9.02. The van der Waals surface area contributed by atoms with Gasteiger partial charge in [0.25, 0.3) is 5.69 Å². The number of hydrogen-bond donors (Lipinski definition) is 1. The van der Waals surface area contributed by atoms with Crippen LogP contribution >= 0.6 is 0 Å². The summed E-state index contributed by atoms with van der Waals surface area (Å²) in [5.41, 5.74) is 0.917. The molecule has 0 aliphatic carbocycles. The van der Waals surface area contributed by atoms with Gasteiger partial charge in [-0.25, -0.2) is 0 Å². The van der Waals surface area contributed by atoms with Crippen molar-refractivity contribution >= 4 is 5.69 Å². The molecule has 0 radical (unpaired) electrons. The average Bonchev–Trinajstić information content (AvgIpc) is 2.37. The number of nitro benzene ring substituents is 1. The zero-order chi connectivity index (χ0) is 14.3. The Kier molecular flexibility index (Phi) is 6.24. The summed E-state index contributed by atoms with van der Waals surface area (Å²) in [7, 11) is 5.57. The number of benzene rings is 1. The predicted octanol–water partition coefficient (Wildman–Crippen LogP) is 1.64. The van der Waals surface area contributed by atoms with E-state index in [4.69, 9.17) is 4.74 Å². The maximum absolute atomic E-state index is 10.8. The number of nitrogens with zero attached hydrogens (tertiary/aromatic N) is 2. The van der Waals surface area contributed by atoms with Gasteiger partial charge in [-0.2, -0.15) is 0 Å². The first-order valence-electron chi connectivity index (χ1n) is 6.20. The molecule has 0 bridgehead atoms. The van der Waals surface area contributed by atoms with Gasteiger partial charge in [0.05, 0.1) is 18.1 Å². The number of hydrogen-bond acceptors (Lipinski definition) is 5. The van der Waals surface area contributed by atoms with E-state index < -0.39 is 4.92 Å². The highest BCUT2D eigenvalue weighted by atomic mass is 16.6. The van der Waals surface area contributed by atoms with Crippen LogP contribution in [0.4, 0.5) is 5.69 Å². The fraction of sp³-hybridized carbons (Fsp3) is 0.538. The molecule has 1 rings (SSSR count). The summed E-state index contributed by atoms with van der Waals surface area (Å²) in [6.07, 6.45) is 1.04. The number of ether oxygens (including phenoxy) is 1. The van der Waals surface area contributed by atoms with Gasteiger partial charge in [0.2, 0.25) is 0 Å². The van der Waals surface area contributed by atoms with Crippen LogP contribution in [0.1, 0.15) is 12.0 Å². The summed E-state index contributed by atoms with van der Waals surface area (Å²) in [6, 6.07) is 4.81. The van der Waals surface area contributed by atoms with Crippen LogP contribution in [-0.2, 0) is 6.54 Å². The fourth-order valence-electron chi connectivity index (χ4n) is 1.72. The van der Waals surface area contributed by atoms with Crippen molar-refractivity contribution in [1.29, 1.82) is 0 Å². The van der Waals surface area contributed by atoms with E-state index in [1.807, 2.05) is 20.2 Å². The third-order valence-corrected chi connectivity index (χ3v) is 2.69. The van der Waals surface area contributed by atoms with Gasteiger partial charge in [-0.3, -0.25) is 10.1 Å². The molecule has 0 amide bonds. The van der Waals surface area contributed by atoms with E-state index in [-0.39, 0.29) is 5.69 Å². The summed E-state index contributed by atoms with van der Waals surface area (Å²) in [5, 5.41) is 14.1. The van der Waals surface area contributed by atoms with E-state index >= 15 is 0 Å². The molecule has 0 fully saturated rings. The van der Waals surface area contributed by atoms with Crippen LogP contribution in [0.5, 0.6) is 5.75 Å². The standard InChI is InChI=1S/C13H21N3O3/c1-15(2)6-4-5-14-10-11-7-12(16(17)18)9-13(8-11)19-3/h7-9,14H,4-6,10H2,1-3H3. The van der Waals surface area contributed by atoms with E-state index in [9.17, 15) is 10.1 Å². The first kappa shape index (κ1) is 15.4. The predicted molar refractivity (Wildman–Crippen MR) is 74.5 cm³/mol. The summed E-state index contributed by atoms with van der Waals surface area (Å²) in [4.78, 5) is 12.5. The topological polar surface area (TPSA) is 67.6 Å². The molecular formula is C13H21N3O3. The van der Waals surface area contributed by atoms with E-state index in [0.29, 0.717) is 12.3 Å². The third kappa shape index (κ3) is 5.67. The monoisotopic (exact) mass is 267 g/mol. The molecule has 1 N–H and O–H groups in total. The Morgan fingerprint density at radius 2 is 2.11 bits per heavy atom. The Labute approximate surface area is 113 Å². The van der Waals surface area contributed by atoms with Crippen molar-refractivity contribution in [3.05, 3.63) is 33.9 Å². The fourth-order valence-corrected chi connectivity index (χ4v) is 1.72. The van der Waals surface area contributed by atoms with Crippen LogP contribution in [0.25, 0.3) is 0 Å². The van der Waals surface area contributed by atoms with E-state index in [0.717, 1.165) is 25.1 Å². The van der Waals surface area contributed by atoms with Crippen LogP contribution in [0.3, 0.4) is 0 Å². The Morgan fingerprint density at radius 3 is 2.68 bits per heavy atom. The van der Waals surface area contributed by atoms with E-state index in [1.54, 1.807) is 6.07 Å². The van der Waals surface area contributed by atoms with Crippen LogP contribution in [-0.4, -0.2) is 44.1 Å². The molecule has 6 nitrogen and oxygen atoms in total. The second kappa shape index (κ2) is 7.70. The molecule has 0 saturated carbocycles. The lowest BCUT2D eigenvalue weighted by Gasteiger charge is -2.10. The van der Waals surface area contributed by atoms with Crippen molar-refractivity contribution in [2.45, 2.75) is 13.0 Å². The number of rotatable bonds is 8. The highest BCUT2D eigenvalue weighted by Gasteiger charge is 2.09. The normalized spacial score (nSPS) is 10.7. The van der Waals surface area contributed by atoms with Gasteiger partial charge in [-0.05, 0) is 45.2 Å². The Balaban J connectivity index is 2.53. The summed E-state index contributed by atoms with van der Waals surface area (Å²) >= 11 is 0. The highest BCUT2D eigenvalue weighted by Crippen LogP contribution is 2.22. The molecule has 106 valence electrons. The lowest BCUT2D eigenvalue weighted by Crippen LogP contribution is -2.21. The van der Waals surface area contributed by atoms with Gasteiger partial charge in [0.1, 0.15) is 5.75 Å². The van der Waals surface area contributed by atoms with Gasteiger partial charge in [-0.15, -0.1) is 0 Å². The molecule has 1 aromatic carbocycles. The largest absolute Gasteiger partial charge is 0.496 e. The van der Waals surface area contributed by atoms with Crippen molar-refractivity contribution in [2.75, 3.05) is 34.3 Å². The maximum atomic E-state index is 10.8. The molecule has 19 heavy (non-hydrogen) atoms. The van der Waals surface area contributed by atoms with Crippen molar-refractivity contribution in [3.8, 4) is 5.75 Å². The summed E-state index contributed by atoms with van der Waals surface area (Å²) in [6.45, 7) is 2.50. The van der Waals surface area contributed by atoms with Gasteiger partial charge in [-0.1, -0.05) is 0 Å². The molecule has 0 unspecified atom stereocenters. The van der Waals surface area contributed by atoms with Gasteiger partial charge < -0.3 is 15.0 Å². The highest BCUT2D eigenvalue weighted by molar-refractivity contribution is 5.42. The van der Waals surface area contributed by atoms with Crippen LogP contribution < -0.4 is 10.1 Å². The molecule has 0 aliphatic heterocycles. The van der Waals surface area contributed by atoms with Crippen molar-refractivity contribution in [2.24, 2.45) is 0 Å². The van der Waals surface area contributed by atoms with Gasteiger partial charge in [0, 0.05) is 12.6 Å². The van der Waals surface area contributed by atoms with Crippen molar-refractivity contribution in [3.63, 3.8) is 0 Å². The molecular weight excluding hydrogens is 246 g/mol. The summed E-state index contributed by atoms with van der Waals surface area (Å²) in [5.74, 6) is 0.513. The molecule has 6 heteroatoms. The third-order valence-electron chi connectivity index (χ3n) is 2.69. The zero-order valence-corrected chi connectivity index (χ0v) is 11.7. The quantitative estimate of drug-likeness (QED) is 0.440. The molecule has 0 saturated heterocycles. The average molecular weight is 267 g/mol. The molecule has 1 aromatic rings. The minimum atomic E-state index is -0.405. The molecule has 0 spiro atoms. The maximum Gasteiger partial charge on any atom is 0.273 e. The Bertz CT molecular complexity index is 422. The van der Waals surface area contributed by atoms with Crippen molar-refractivity contribution in [1.82, 2.24) is 10.2 Å². The smallest absolute Gasteiger partial charge is 0.273 e. The second-order valence-electron chi connectivity index (χ2n) is 4.63. The van der Waals surface area contributed by atoms with Crippen LogP contribution in [0, 0.1) is 10.1 Å². The van der Waals surface area contributed by atoms with Gasteiger partial charge in [0.15, 0.2) is 0 Å². The lowest BCUT2D eigenvalue weighted by molar-refractivity contribution is -0.385. The van der Waals surface area contributed by atoms with Crippen LogP contribution in [0.15, 0.2) is 18.2 Å².